The zero-order chi connectivity index (χ0) is 20.6. The number of carbonyl (C=O) groups is 1. The van der Waals surface area contributed by atoms with E-state index in [0.717, 1.165) is 68.1 Å². The fourth-order valence-corrected chi connectivity index (χ4v) is 3.51. The third-order valence-electron chi connectivity index (χ3n) is 5.29. The number of esters is 1. The molecule has 0 aromatic heterocycles. The molecule has 0 heterocycles. The Labute approximate surface area is 172 Å². The molecule has 3 nitrogen and oxygen atoms in total. The average molecular weight is 391 g/mol. The van der Waals surface area contributed by atoms with Crippen LogP contribution < -0.4 is 0 Å². The maximum absolute atomic E-state index is 12.2. The van der Waals surface area contributed by atoms with E-state index in [1.165, 1.54) is 32.1 Å². The summed E-state index contributed by atoms with van der Waals surface area (Å²) >= 11 is 0. The minimum atomic E-state index is -0.153. The van der Waals surface area contributed by atoms with E-state index >= 15 is 0 Å². The van der Waals surface area contributed by atoms with Gasteiger partial charge in [0.05, 0.1) is 13.0 Å². The first-order valence-corrected chi connectivity index (χ1v) is 11.6. The summed E-state index contributed by atoms with van der Waals surface area (Å²) in [5.41, 5.74) is 2.93. The number of carbonyl (C=O) groups excluding carboxylic acids is 1. The van der Waals surface area contributed by atoms with Gasteiger partial charge in [0.25, 0.3) is 0 Å². The highest BCUT2D eigenvalue weighted by molar-refractivity contribution is 5.73. The Morgan fingerprint density at radius 2 is 1.29 bits per heavy atom. The molecule has 0 saturated heterocycles. The predicted octanol–water partition coefficient (Wildman–Crippen LogP) is 6.91. The van der Waals surface area contributed by atoms with Crippen LogP contribution in [0.5, 0.6) is 5.75 Å². The van der Waals surface area contributed by atoms with Crippen molar-refractivity contribution < 1.29 is 14.6 Å². The molecule has 0 amide bonds. The molecule has 0 aliphatic carbocycles. The molecule has 0 spiro atoms. The number of aryl methyl sites for hydroxylation is 2. The van der Waals surface area contributed by atoms with Crippen molar-refractivity contribution in [1.29, 1.82) is 0 Å². The van der Waals surface area contributed by atoms with E-state index in [1.54, 1.807) is 0 Å². The van der Waals surface area contributed by atoms with Crippen LogP contribution in [0.4, 0.5) is 0 Å². The lowest BCUT2D eigenvalue weighted by Gasteiger charge is -2.13. The molecule has 28 heavy (non-hydrogen) atoms. The number of ether oxygens (including phenoxy) is 1. The van der Waals surface area contributed by atoms with Gasteiger partial charge in [-0.3, -0.25) is 4.79 Å². The number of hydrogen-bond donors (Lipinski definition) is 1. The summed E-state index contributed by atoms with van der Waals surface area (Å²) in [6.07, 6.45) is 14.8. The third kappa shape index (κ3) is 10.1. The molecule has 3 heteroatoms. The fourth-order valence-electron chi connectivity index (χ4n) is 3.51. The van der Waals surface area contributed by atoms with Crippen molar-refractivity contribution in [3.05, 3.63) is 28.8 Å². The van der Waals surface area contributed by atoms with E-state index in [0.29, 0.717) is 18.8 Å². The second-order valence-electron chi connectivity index (χ2n) is 7.99. The van der Waals surface area contributed by atoms with Gasteiger partial charge in [0, 0.05) is 0 Å². The van der Waals surface area contributed by atoms with E-state index < -0.39 is 0 Å². The van der Waals surface area contributed by atoms with E-state index in [2.05, 4.69) is 20.8 Å². The first-order chi connectivity index (χ1) is 13.6. The fraction of sp³-hybridized carbons (Fsp3) is 0.720. The summed E-state index contributed by atoms with van der Waals surface area (Å²) in [4.78, 5) is 12.2. The Balaban J connectivity index is 2.50. The average Bonchev–Trinajstić information content (AvgIpc) is 2.69. The lowest BCUT2D eigenvalue weighted by molar-refractivity contribution is -0.142. The van der Waals surface area contributed by atoms with E-state index in [1.807, 2.05) is 12.1 Å². The topological polar surface area (TPSA) is 46.5 Å². The van der Waals surface area contributed by atoms with Crippen molar-refractivity contribution in [2.24, 2.45) is 0 Å². The standard InChI is InChI=1S/C25H42O3/c1-4-7-10-11-12-13-14-17-28-24(26)20-21-18-22(15-8-5-2)25(27)23(19-21)16-9-6-3/h18-19,27H,4-17,20H2,1-3H3. The molecule has 0 unspecified atom stereocenters. The van der Waals surface area contributed by atoms with Crippen LogP contribution in [0.25, 0.3) is 0 Å². The van der Waals surface area contributed by atoms with Crippen LogP contribution in [-0.2, 0) is 28.8 Å². The summed E-state index contributed by atoms with van der Waals surface area (Å²) in [6.45, 7) is 7.06. The Hall–Kier alpha value is -1.51. The lowest BCUT2D eigenvalue weighted by Crippen LogP contribution is -2.10. The van der Waals surface area contributed by atoms with Gasteiger partial charge in [-0.15, -0.1) is 0 Å². The summed E-state index contributed by atoms with van der Waals surface area (Å²) in [5, 5.41) is 10.6. The highest BCUT2D eigenvalue weighted by Gasteiger charge is 2.13. The Bertz CT molecular complexity index is 522. The summed E-state index contributed by atoms with van der Waals surface area (Å²) in [5.74, 6) is 0.279. The Kier molecular flexibility index (Phi) is 13.5. The van der Waals surface area contributed by atoms with Gasteiger partial charge in [-0.05, 0) is 48.8 Å². The Morgan fingerprint density at radius 3 is 1.82 bits per heavy atom. The van der Waals surface area contributed by atoms with Crippen LogP contribution in [0, 0.1) is 0 Å². The number of phenolic OH excluding ortho intramolecular Hbond substituents is 1. The smallest absolute Gasteiger partial charge is 0.310 e. The molecular formula is C25H42O3. The third-order valence-corrected chi connectivity index (χ3v) is 5.29. The number of aromatic hydroxyl groups is 1. The van der Waals surface area contributed by atoms with Crippen molar-refractivity contribution in [2.75, 3.05) is 6.61 Å². The quantitative estimate of drug-likeness (QED) is 0.246. The number of phenols is 1. The Morgan fingerprint density at radius 1 is 0.786 bits per heavy atom. The minimum Gasteiger partial charge on any atom is -0.507 e. The lowest BCUT2D eigenvalue weighted by atomic mass is 9.96. The van der Waals surface area contributed by atoms with Gasteiger partial charge < -0.3 is 9.84 Å². The second kappa shape index (κ2) is 15.4. The first kappa shape index (κ1) is 24.5. The van der Waals surface area contributed by atoms with Crippen molar-refractivity contribution in [3.63, 3.8) is 0 Å². The van der Waals surface area contributed by atoms with Crippen LogP contribution in [0.3, 0.4) is 0 Å². The molecule has 0 saturated carbocycles. The monoisotopic (exact) mass is 390 g/mol. The van der Waals surface area contributed by atoms with Crippen LogP contribution in [0.2, 0.25) is 0 Å². The number of unbranched alkanes of at least 4 members (excludes halogenated alkanes) is 8. The molecule has 0 aliphatic rings. The molecular weight excluding hydrogens is 348 g/mol. The van der Waals surface area contributed by atoms with Gasteiger partial charge in [-0.2, -0.15) is 0 Å². The summed E-state index contributed by atoms with van der Waals surface area (Å²) < 4.78 is 5.44. The molecule has 0 radical (unpaired) electrons. The molecule has 1 aromatic carbocycles. The second-order valence-corrected chi connectivity index (χ2v) is 7.99. The van der Waals surface area contributed by atoms with Crippen LogP contribution in [0.1, 0.15) is 108 Å². The van der Waals surface area contributed by atoms with Crippen molar-refractivity contribution in [2.45, 2.75) is 111 Å². The first-order valence-electron chi connectivity index (χ1n) is 11.6. The highest BCUT2D eigenvalue weighted by atomic mass is 16.5. The molecule has 0 bridgehead atoms. The van der Waals surface area contributed by atoms with Crippen molar-refractivity contribution in [3.8, 4) is 5.75 Å². The van der Waals surface area contributed by atoms with Crippen molar-refractivity contribution >= 4 is 5.97 Å². The zero-order valence-electron chi connectivity index (χ0n) is 18.5. The SMILES string of the molecule is CCCCCCCCCOC(=O)Cc1cc(CCCC)c(O)c(CCCC)c1. The zero-order valence-corrected chi connectivity index (χ0v) is 18.5. The van der Waals surface area contributed by atoms with Crippen LogP contribution >= 0.6 is 0 Å². The maximum Gasteiger partial charge on any atom is 0.310 e. The molecule has 1 aromatic rings. The van der Waals surface area contributed by atoms with Gasteiger partial charge in [-0.1, -0.05) is 84.3 Å². The van der Waals surface area contributed by atoms with Gasteiger partial charge in [0.15, 0.2) is 0 Å². The van der Waals surface area contributed by atoms with Crippen molar-refractivity contribution in [1.82, 2.24) is 0 Å². The van der Waals surface area contributed by atoms with Gasteiger partial charge in [0.2, 0.25) is 0 Å². The molecule has 0 fully saturated rings. The predicted molar refractivity (Wildman–Crippen MR) is 118 cm³/mol. The van der Waals surface area contributed by atoms with Gasteiger partial charge in [-0.25, -0.2) is 0 Å². The normalized spacial score (nSPS) is 11.0. The van der Waals surface area contributed by atoms with Gasteiger partial charge in [0.1, 0.15) is 5.75 Å². The summed E-state index contributed by atoms with van der Waals surface area (Å²) in [6, 6.07) is 3.99. The largest absolute Gasteiger partial charge is 0.507 e. The highest BCUT2D eigenvalue weighted by Crippen LogP contribution is 2.28. The molecule has 160 valence electrons. The molecule has 1 N–H and O–H groups in total. The number of hydrogen-bond acceptors (Lipinski definition) is 3. The van der Waals surface area contributed by atoms with E-state index in [9.17, 15) is 9.90 Å². The molecule has 1 rings (SSSR count). The number of rotatable bonds is 16. The maximum atomic E-state index is 12.2. The van der Waals surface area contributed by atoms with Gasteiger partial charge >= 0.3 is 5.97 Å². The van der Waals surface area contributed by atoms with E-state index in [4.69, 9.17) is 4.74 Å². The summed E-state index contributed by atoms with van der Waals surface area (Å²) in [7, 11) is 0. The van der Waals surface area contributed by atoms with E-state index in [-0.39, 0.29) is 5.97 Å². The number of benzene rings is 1. The van der Waals surface area contributed by atoms with Crippen LogP contribution in [-0.4, -0.2) is 17.7 Å². The molecule has 0 atom stereocenters. The van der Waals surface area contributed by atoms with Crippen LogP contribution in [0.15, 0.2) is 12.1 Å². The minimum absolute atomic E-state index is 0.153. The molecule has 0 aliphatic heterocycles.